The Kier molecular flexibility index (Phi) is 7.72. The molecule has 0 saturated carbocycles. The zero-order valence-corrected chi connectivity index (χ0v) is 19.1. The van der Waals surface area contributed by atoms with E-state index in [2.05, 4.69) is 22.0 Å². The zero-order valence-electron chi connectivity index (χ0n) is 18.3. The minimum Gasteiger partial charge on any atom is -0.381 e. The molecule has 0 aliphatic carbocycles. The van der Waals surface area contributed by atoms with E-state index in [-0.39, 0.29) is 6.04 Å². The van der Waals surface area contributed by atoms with Crippen molar-refractivity contribution in [1.82, 2.24) is 19.3 Å². The Balaban J connectivity index is 1.65. The second-order valence-electron chi connectivity index (χ2n) is 8.54. The quantitative estimate of drug-likeness (QED) is 0.623. The Hall–Kier alpha value is -1.00. The topological polar surface area (TPSA) is 79.1 Å². The van der Waals surface area contributed by atoms with Crippen LogP contribution in [0.3, 0.4) is 0 Å². The molecule has 1 aromatic rings. The molecule has 0 aromatic carbocycles. The van der Waals surface area contributed by atoms with Crippen LogP contribution in [0.5, 0.6) is 0 Å². The van der Waals surface area contributed by atoms with Crippen molar-refractivity contribution in [1.29, 1.82) is 0 Å². The van der Waals surface area contributed by atoms with Crippen molar-refractivity contribution in [2.45, 2.75) is 58.2 Å². The van der Waals surface area contributed by atoms with Gasteiger partial charge >= 0.3 is 0 Å². The number of likely N-dealkylation sites (N-methyl/N-ethyl adjacent to an activating group) is 1. The smallest absolute Gasteiger partial charge is 0.211 e. The molecule has 2 aliphatic heterocycles. The maximum absolute atomic E-state index is 12.1. The molecule has 1 atom stereocenters. The summed E-state index contributed by atoms with van der Waals surface area (Å²) in [5.74, 6) is 0.881. The van der Waals surface area contributed by atoms with Gasteiger partial charge in [0.05, 0.1) is 11.9 Å². The molecule has 9 heteroatoms. The predicted octanol–water partition coefficient (Wildman–Crippen LogP) is 1.63. The highest BCUT2D eigenvalue weighted by Crippen LogP contribution is 2.24. The minimum absolute atomic E-state index is 0.272. The minimum atomic E-state index is -3.14. The van der Waals surface area contributed by atoms with Gasteiger partial charge in [0.25, 0.3) is 0 Å². The molecule has 2 aliphatic rings. The van der Waals surface area contributed by atoms with Gasteiger partial charge < -0.3 is 14.2 Å². The van der Waals surface area contributed by atoms with Crippen molar-refractivity contribution in [3.8, 4) is 0 Å². The number of rotatable bonds is 8. The molecule has 8 nitrogen and oxygen atoms in total. The molecule has 2 saturated heterocycles. The largest absolute Gasteiger partial charge is 0.381 e. The average molecular weight is 429 g/mol. The van der Waals surface area contributed by atoms with E-state index in [0.717, 1.165) is 75.5 Å². The monoisotopic (exact) mass is 428 g/mol. The lowest BCUT2D eigenvalue weighted by atomic mass is 9.99. The highest BCUT2D eigenvalue weighted by atomic mass is 32.2. The first-order chi connectivity index (χ1) is 13.8. The van der Waals surface area contributed by atoms with Gasteiger partial charge in [0.2, 0.25) is 10.0 Å². The SMILES string of the molecule is Cc1noc(C)c1CN(C)CCN(C1CCOCC1)C1CCCN(S(C)(=O)=O)C1. The van der Waals surface area contributed by atoms with Crippen LogP contribution in [0.4, 0.5) is 0 Å². The van der Waals surface area contributed by atoms with E-state index in [4.69, 9.17) is 9.26 Å². The molecular formula is C20H36N4O4S. The predicted molar refractivity (Wildman–Crippen MR) is 112 cm³/mol. The Morgan fingerprint density at radius 3 is 2.48 bits per heavy atom. The normalized spacial score (nSPS) is 22.6. The summed E-state index contributed by atoms with van der Waals surface area (Å²) in [5.41, 5.74) is 2.11. The number of aryl methyl sites for hydroxylation is 2. The van der Waals surface area contributed by atoms with Crippen molar-refractivity contribution in [2.75, 3.05) is 52.7 Å². The first-order valence-electron chi connectivity index (χ1n) is 10.6. The van der Waals surface area contributed by atoms with Gasteiger partial charge in [-0.2, -0.15) is 0 Å². The second-order valence-corrected chi connectivity index (χ2v) is 10.5. The van der Waals surface area contributed by atoms with Gasteiger partial charge in [-0.1, -0.05) is 5.16 Å². The Morgan fingerprint density at radius 2 is 1.86 bits per heavy atom. The average Bonchev–Trinajstić information content (AvgIpc) is 3.00. The standard InChI is InChI=1S/C20H36N4O4S/c1-16-20(17(2)28-21-16)15-22(3)10-11-24(18-7-12-27-13-8-18)19-6-5-9-23(14-19)29(4,25)26/h18-19H,5-15H2,1-4H3. The molecule has 2 fully saturated rings. The van der Waals surface area contributed by atoms with Crippen molar-refractivity contribution < 1.29 is 17.7 Å². The number of aromatic nitrogens is 1. The van der Waals surface area contributed by atoms with Crippen LogP contribution in [-0.2, 0) is 21.3 Å². The van der Waals surface area contributed by atoms with Crippen molar-refractivity contribution in [2.24, 2.45) is 0 Å². The molecule has 0 bridgehead atoms. The third-order valence-corrected chi connectivity index (χ3v) is 7.58. The summed E-state index contributed by atoms with van der Waals surface area (Å²) < 4.78 is 36.7. The number of sulfonamides is 1. The number of hydrogen-bond acceptors (Lipinski definition) is 7. The summed E-state index contributed by atoms with van der Waals surface area (Å²) >= 11 is 0. The van der Waals surface area contributed by atoms with Gasteiger partial charge in [0.15, 0.2) is 0 Å². The van der Waals surface area contributed by atoms with E-state index < -0.39 is 10.0 Å². The second kappa shape index (κ2) is 9.87. The fourth-order valence-electron chi connectivity index (χ4n) is 4.54. The summed E-state index contributed by atoms with van der Waals surface area (Å²) in [6.45, 7) is 9.41. The van der Waals surface area contributed by atoms with Gasteiger partial charge in [0.1, 0.15) is 5.76 Å². The van der Waals surface area contributed by atoms with Gasteiger partial charge in [0, 0.05) is 63.6 Å². The van der Waals surface area contributed by atoms with Crippen LogP contribution in [0.25, 0.3) is 0 Å². The Labute approximate surface area is 175 Å². The highest BCUT2D eigenvalue weighted by molar-refractivity contribution is 7.88. The van der Waals surface area contributed by atoms with E-state index >= 15 is 0 Å². The van der Waals surface area contributed by atoms with Crippen LogP contribution in [-0.4, -0.2) is 92.5 Å². The van der Waals surface area contributed by atoms with E-state index in [1.54, 1.807) is 4.31 Å². The van der Waals surface area contributed by atoms with Crippen molar-refractivity contribution in [3.05, 3.63) is 17.0 Å². The van der Waals surface area contributed by atoms with Gasteiger partial charge in [-0.25, -0.2) is 12.7 Å². The summed E-state index contributed by atoms with van der Waals surface area (Å²) in [6, 6.07) is 0.731. The molecule has 1 unspecified atom stereocenters. The van der Waals surface area contributed by atoms with E-state index in [1.807, 2.05) is 13.8 Å². The Morgan fingerprint density at radius 1 is 1.14 bits per heavy atom. The lowest BCUT2D eigenvalue weighted by Gasteiger charge is -2.44. The molecule has 3 rings (SSSR count). The van der Waals surface area contributed by atoms with Crippen LogP contribution in [0.2, 0.25) is 0 Å². The number of ether oxygens (including phenoxy) is 1. The van der Waals surface area contributed by atoms with Gasteiger partial charge in [-0.05, 0) is 46.6 Å². The molecular weight excluding hydrogens is 392 g/mol. The molecule has 29 heavy (non-hydrogen) atoms. The third kappa shape index (κ3) is 6.01. The Bertz CT molecular complexity index is 741. The van der Waals surface area contributed by atoms with Crippen LogP contribution >= 0.6 is 0 Å². The van der Waals surface area contributed by atoms with Gasteiger partial charge in [-0.15, -0.1) is 0 Å². The summed E-state index contributed by atoms with van der Waals surface area (Å²) in [4.78, 5) is 4.86. The molecule has 0 N–H and O–H groups in total. The fraction of sp³-hybridized carbons (Fsp3) is 0.850. The van der Waals surface area contributed by atoms with Crippen LogP contribution < -0.4 is 0 Å². The maximum Gasteiger partial charge on any atom is 0.211 e. The first-order valence-corrected chi connectivity index (χ1v) is 12.5. The highest BCUT2D eigenvalue weighted by Gasteiger charge is 2.33. The maximum atomic E-state index is 12.1. The van der Waals surface area contributed by atoms with Crippen LogP contribution in [0.1, 0.15) is 42.7 Å². The summed E-state index contributed by atoms with van der Waals surface area (Å²) in [7, 11) is -1.02. The molecule has 166 valence electrons. The van der Waals surface area contributed by atoms with E-state index in [9.17, 15) is 8.42 Å². The number of piperidine rings is 1. The van der Waals surface area contributed by atoms with E-state index in [0.29, 0.717) is 19.1 Å². The molecule has 0 spiro atoms. The van der Waals surface area contributed by atoms with E-state index in [1.165, 1.54) is 6.26 Å². The van der Waals surface area contributed by atoms with Crippen LogP contribution in [0, 0.1) is 13.8 Å². The van der Waals surface area contributed by atoms with Gasteiger partial charge in [-0.3, -0.25) is 4.90 Å². The lowest BCUT2D eigenvalue weighted by molar-refractivity contribution is 0.00273. The summed E-state index contributed by atoms with van der Waals surface area (Å²) in [5, 5.41) is 4.05. The zero-order chi connectivity index (χ0) is 21.0. The molecule has 0 amide bonds. The van der Waals surface area contributed by atoms with Crippen molar-refractivity contribution in [3.63, 3.8) is 0 Å². The number of nitrogens with zero attached hydrogens (tertiary/aromatic N) is 4. The first kappa shape index (κ1) is 22.7. The molecule has 1 aromatic heterocycles. The molecule has 0 radical (unpaired) electrons. The number of hydrogen-bond donors (Lipinski definition) is 0. The fourth-order valence-corrected chi connectivity index (χ4v) is 5.44. The van der Waals surface area contributed by atoms with Crippen molar-refractivity contribution >= 4 is 10.0 Å². The lowest BCUT2D eigenvalue weighted by Crippen LogP contribution is -2.55. The third-order valence-electron chi connectivity index (χ3n) is 6.31. The summed E-state index contributed by atoms with van der Waals surface area (Å²) in [6.07, 6.45) is 5.33. The molecule has 3 heterocycles. The van der Waals surface area contributed by atoms with Crippen LogP contribution in [0.15, 0.2) is 4.52 Å².